The third kappa shape index (κ3) is 2.25. The van der Waals surface area contributed by atoms with Crippen molar-refractivity contribution in [3.05, 3.63) is 22.7 Å². The van der Waals surface area contributed by atoms with Gasteiger partial charge in [-0.25, -0.2) is 0 Å². The molecule has 2 fully saturated rings. The van der Waals surface area contributed by atoms with Gasteiger partial charge in [-0.2, -0.15) is 0 Å². The number of benzene rings is 1. The fourth-order valence-electron chi connectivity index (χ4n) is 2.63. The van der Waals surface area contributed by atoms with Crippen molar-refractivity contribution in [1.82, 2.24) is 4.90 Å². The monoisotopic (exact) mass is 308 g/mol. The van der Waals surface area contributed by atoms with E-state index in [1.165, 1.54) is 12.0 Å². The van der Waals surface area contributed by atoms with Crippen LogP contribution in [0.5, 0.6) is 5.75 Å². The molecule has 0 unspecified atom stereocenters. The summed E-state index contributed by atoms with van der Waals surface area (Å²) in [4.78, 5) is 25.9. The van der Waals surface area contributed by atoms with E-state index in [1.54, 1.807) is 26.2 Å². The van der Waals surface area contributed by atoms with Gasteiger partial charge < -0.3 is 15.0 Å². The number of anilines is 1. The van der Waals surface area contributed by atoms with E-state index in [4.69, 9.17) is 16.3 Å². The summed E-state index contributed by atoms with van der Waals surface area (Å²) in [6.45, 7) is 0. The molecule has 1 N–H and O–H groups in total. The van der Waals surface area contributed by atoms with Crippen LogP contribution in [0.15, 0.2) is 12.1 Å². The van der Waals surface area contributed by atoms with E-state index >= 15 is 0 Å². The Bertz CT molecular complexity index is 636. The lowest BCUT2D eigenvalue weighted by Gasteiger charge is -2.18. The zero-order valence-corrected chi connectivity index (χ0v) is 13.0. The fraction of sp³-hybridized carbons (Fsp3) is 0.467. The van der Waals surface area contributed by atoms with E-state index in [0.29, 0.717) is 27.9 Å². The van der Waals surface area contributed by atoms with Crippen LogP contribution in [0.2, 0.25) is 5.02 Å². The number of nitrogens with one attached hydrogen (secondary N) is 1. The first-order valence-electron chi connectivity index (χ1n) is 6.79. The molecule has 112 valence electrons. The van der Waals surface area contributed by atoms with Crippen LogP contribution < -0.4 is 10.1 Å². The molecule has 1 aromatic carbocycles. The number of carbonyl (C=O) groups excluding carboxylic acids is 2. The average Bonchev–Trinajstić information content (AvgIpc) is 3.26. The van der Waals surface area contributed by atoms with Gasteiger partial charge in [-0.05, 0) is 30.9 Å². The van der Waals surface area contributed by atoms with Crippen LogP contribution in [-0.4, -0.2) is 37.9 Å². The lowest BCUT2D eigenvalue weighted by molar-refractivity contribution is -0.119. The third-order valence-corrected chi connectivity index (χ3v) is 4.50. The molecular formula is C15H17ClN2O3. The van der Waals surface area contributed by atoms with Gasteiger partial charge >= 0.3 is 0 Å². The summed E-state index contributed by atoms with van der Waals surface area (Å²) in [5.41, 5.74) is 0.636. The van der Waals surface area contributed by atoms with Crippen molar-refractivity contribution in [2.45, 2.75) is 12.8 Å². The molecule has 0 atom stereocenters. The van der Waals surface area contributed by atoms with Crippen molar-refractivity contribution in [3.63, 3.8) is 0 Å². The summed E-state index contributed by atoms with van der Waals surface area (Å²) in [6.07, 6.45) is 1.93. The Hall–Kier alpha value is -1.75. The van der Waals surface area contributed by atoms with Crippen LogP contribution in [0, 0.1) is 11.3 Å². The van der Waals surface area contributed by atoms with E-state index in [2.05, 4.69) is 5.32 Å². The van der Waals surface area contributed by atoms with Gasteiger partial charge in [-0.1, -0.05) is 11.6 Å². The number of hydrogen-bond acceptors (Lipinski definition) is 3. The minimum atomic E-state index is -0.223. The Morgan fingerprint density at radius 1 is 1.38 bits per heavy atom. The summed E-state index contributed by atoms with van der Waals surface area (Å²) in [6, 6.07) is 3.16. The van der Waals surface area contributed by atoms with Crippen LogP contribution >= 0.6 is 11.6 Å². The number of carbonyl (C=O) groups is 2. The number of amides is 2. The molecule has 0 saturated heterocycles. The maximum absolute atomic E-state index is 12.2. The second-order valence-electron chi connectivity index (χ2n) is 5.95. The number of halogens is 1. The second kappa shape index (κ2) is 4.63. The predicted octanol–water partition coefficient (Wildman–Crippen LogP) is 2.40. The zero-order valence-electron chi connectivity index (χ0n) is 12.2. The predicted molar refractivity (Wildman–Crippen MR) is 79.8 cm³/mol. The summed E-state index contributed by atoms with van der Waals surface area (Å²) < 4.78 is 5.33. The van der Waals surface area contributed by atoms with E-state index in [0.717, 1.165) is 12.8 Å². The van der Waals surface area contributed by atoms with Crippen molar-refractivity contribution < 1.29 is 14.3 Å². The van der Waals surface area contributed by atoms with Gasteiger partial charge in [0.1, 0.15) is 0 Å². The second-order valence-corrected chi connectivity index (χ2v) is 6.39. The molecule has 2 aliphatic carbocycles. The Balaban J connectivity index is 1.94. The minimum absolute atomic E-state index is 0.00341. The molecule has 6 heteroatoms. The molecule has 5 nitrogen and oxygen atoms in total. The van der Waals surface area contributed by atoms with E-state index in [-0.39, 0.29) is 17.2 Å². The molecule has 0 aromatic heterocycles. The highest BCUT2D eigenvalue weighted by Crippen LogP contribution is 2.75. The smallest absolute Gasteiger partial charge is 0.257 e. The molecule has 2 saturated carbocycles. The standard InChI is InChI=1S/C15H17ClN2O3/c1-18(2)13(19)10-4-9(16)5-11(12(10)21-3)17-14(20)15-6-8(15)7-15/h4-5,8H,6-7H2,1-3H3,(H,17,20). The van der Waals surface area contributed by atoms with Gasteiger partial charge in [0.15, 0.2) is 5.75 Å². The normalized spacial score (nSPS) is 24.9. The summed E-state index contributed by atoms with van der Waals surface area (Å²) >= 11 is 6.07. The number of rotatable bonds is 4. The highest BCUT2D eigenvalue weighted by molar-refractivity contribution is 6.31. The number of methoxy groups -OCH3 is 1. The first-order chi connectivity index (χ1) is 9.89. The summed E-state index contributed by atoms with van der Waals surface area (Å²) in [7, 11) is 4.78. The molecule has 0 aliphatic heterocycles. The van der Waals surface area contributed by atoms with Crippen molar-refractivity contribution >= 4 is 29.1 Å². The van der Waals surface area contributed by atoms with Crippen molar-refractivity contribution in [3.8, 4) is 5.75 Å². The van der Waals surface area contributed by atoms with Gasteiger partial charge in [0, 0.05) is 19.1 Å². The highest BCUT2D eigenvalue weighted by Gasteiger charge is 2.74. The maximum atomic E-state index is 12.2. The zero-order chi connectivity index (χ0) is 15.4. The molecule has 0 radical (unpaired) electrons. The molecule has 0 bridgehead atoms. The van der Waals surface area contributed by atoms with E-state index in [1.807, 2.05) is 0 Å². The molecule has 0 spiro atoms. The summed E-state index contributed by atoms with van der Waals surface area (Å²) in [5, 5.41) is 3.25. The Morgan fingerprint density at radius 3 is 2.48 bits per heavy atom. The third-order valence-electron chi connectivity index (χ3n) is 4.28. The Kier molecular flexibility index (Phi) is 3.13. The van der Waals surface area contributed by atoms with Crippen LogP contribution in [-0.2, 0) is 4.79 Å². The van der Waals surface area contributed by atoms with Gasteiger partial charge in [-0.15, -0.1) is 0 Å². The van der Waals surface area contributed by atoms with Crippen LogP contribution in [0.4, 0.5) is 5.69 Å². The lowest BCUT2D eigenvalue weighted by Crippen LogP contribution is -2.23. The highest BCUT2D eigenvalue weighted by atomic mass is 35.5. The van der Waals surface area contributed by atoms with Crippen molar-refractivity contribution in [2.24, 2.45) is 11.3 Å². The van der Waals surface area contributed by atoms with Crippen molar-refractivity contribution in [1.29, 1.82) is 0 Å². The first kappa shape index (κ1) is 14.2. The van der Waals surface area contributed by atoms with Gasteiger partial charge in [0.25, 0.3) is 5.91 Å². The fourth-order valence-corrected chi connectivity index (χ4v) is 2.84. The number of nitrogens with zero attached hydrogens (tertiary/aromatic N) is 1. The van der Waals surface area contributed by atoms with Crippen LogP contribution in [0.3, 0.4) is 0 Å². The Labute approximate surface area is 128 Å². The van der Waals surface area contributed by atoms with E-state index < -0.39 is 0 Å². The first-order valence-corrected chi connectivity index (χ1v) is 7.17. The number of fused-ring (bicyclic) bond motifs is 1. The molecule has 1 aromatic rings. The SMILES string of the molecule is COc1c(NC(=O)C23CC2C3)cc(Cl)cc1C(=O)N(C)C. The number of hydrogen-bond donors (Lipinski definition) is 1. The number of ether oxygens (including phenoxy) is 1. The Morgan fingerprint density at radius 2 is 2.00 bits per heavy atom. The van der Waals surface area contributed by atoms with Gasteiger partial charge in [0.2, 0.25) is 5.91 Å². The maximum Gasteiger partial charge on any atom is 0.257 e. The van der Waals surface area contributed by atoms with Gasteiger partial charge in [-0.3, -0.25) is 9.59 Å². The average molecular weight is 309 g/mol. The quantitative estimate of drug-likeness (QED) is 0.929. The van der Waals surface area contributed by atoms with Crippen molar-refractivity contribution in [2.75, 3.05) is 26.5 Å². The molecular weight excluding hydrogens is 292 g/mol. The molecule has 2 amide bonds. The molecule has 2 aliphatic rings. The molecule has 0 heterocycles. The minimum Gasteiger partial charge on any atom is -0.494 e. The van der Waals surface area contributed by atoms with E-state index in [9.17, 15) is 9.59 Å². The van der Waals surface area contributed by atoms with Gasteiger partial charge in [0.05, 0.1) is 23.8 Å². The molecule has 3 rings (SSSR count). The molecule has 21 heavy (non-hydrogen) atoms. The van der Waals surface area contributed by atoms with Crippen LogP contribution in [0.1, 0.15) is 23.2 Å². The lowest BCUT2D eigenvalue weighted by atomic mass is 10.1. The largest absolute Gasteiger partial charge is 0.494 e. The topological polar surface area (TPSA) is 58.6 Å². The van der Waals surface area contributed by atoms with Crippen LogP contribution in [0.25, 0.3) is 0 Å². The summed E-state index contributed by atoms with van der Waals surface area (Å²) in [5.74, 6) is 0.668.